The Balaban J connectivity index is 1.37. The number of carboxylic acid groups (broad SMARTS) is 1. The monoisotopic (exact) mass is 621 g/mol. The summed E-state index contributed by atoms with van der Waals surface area (Å²) in [6.07, 6.45) is 14.2. The van der Waals surface area contributed by atoms with Crippen LogP contribution >= 0.6 is 0 Å². The minimum absolute atomic E-state index is 0.0123. The summed E-state index contributed by atoms with van der Waals surface area (Å²) in [7, 11) is -0.299. The minimum atomic E-state index is -0.976. The van der Waals surface area contributed by atoms with Crippen molar-refractivity contribution in [3.63, 3.8) is 0 Å². The van der Waals surface area contributed by atoms with E-state index in [9.17, 15) is 14.7 Å². The topological polar surface area (TPSA) is 84.9 Å². The summed E-state index contributed by atoms with van der Waals surface area (Å²) >= 11 is 0. The molecule has 1 saturated heterocycles. The molecule has 6 nitrogen and oxygen atoms in total. The van der Waals surface area contributed by atoms with Gasteiger partial charge in [0.05, 0.1) is 16.6 Å². The molecule has 1 unspecified atom stereocenters. The zero-order valence-corrected chi connectivity index (χ0v) is 30.1. The molecule has 3 saturated carbocycles. The molecule has 4 fully saturated rings. The standard InChI is InChI=1S/C38H60BNO5/c1-31(2)18-20-38(30(43)40-23-29(41)42)21-19-36(10)24(25(38)22-31)12-13-27-35(9)16-15-28(39-44-33(5,6)34(7,8)45-39)32(3,4)26(35)14-17-37(27,36)11/h12,15,25-27H,13-14,16-23H2,1-11H3,(H,40,43)(H,41,42)/t25-,26?,27+,35-,36+,37+,38-/m0/s1. The minimum Gasteiger partial charge on any atom is -0.480 e. The first-order valence-corrected chi connectivity index (χ1v) is 17.8. The molecule has 7 atom stereocenters. The Morgan fingerprint density at radius 3 is 2.11 bits per heavy atom. The summed E-state index contributed by atoms with van der Waals surface area (Å²) in [4.78, 5) is 25.3. The predicted octanol–water partition coefficient (Wildman–Crippen LogP) is 8.16. The maximum absolute atomic E-state index is 13.9. The van der Waals surface area contributed by atoms with Crippen LogP contribution in [-0.2, 0) is 18.9 Å². The van der Waals surface area contributed by atoms with Crippen molar-refractivity contribution in [2.24, 2.45) is 50.2 Å². The van der Waals surface area contributed by atoms with Crippen molar-refractivity contribution in [2.45, 2.75) is 145 Å². The van der Waals surface area contributed by atoms with Crippen molar-refractivity contribution < 1.29 is 24.0 Å². The Kier molecular flexibility index (Phi) is 7.38. The van der Waals surface area contributed by atoms with Crippen molar-refractivity contribution in [1.82, 2.24) is 5.32 Å². The Hall–Kier alpha value is -1.60. The molecule has 5 aliphatic carbocycles. The van der Waals surface area contributed by atoms with Crippen LogP contribution < -0.4 is 5.32 Å². The van der Waals surface area contributed by atoms with Gasteiger partial charge in [0.2, 0.25) is 5.91 Å². The van der Waals surface area contributed by atoms with E-state index in [0.717, 1.165) is 44.9 Å². The van der Waals surface area contributed by atoms with Gasteiger partial charge in [-0.2, -0.15) is 0 Å². The summed E-state index contributed by atoms with van der Waals surface area (Å²) in [5.41, 5.74) is 2.02. The van der Waals surface area contributed by atoms with E-state index in [2.05, 4.69) is 93.6 Å². The van der Waals surface area contributed by atoms with Gasteiger partial charge in [0.15, 0.2) is 0 Å². The summed E-state index contributed by atoms with van der Waals surface area (Å²) < 4.78 is 13.3. The van der Waals surface area contributed by atoms with Crippen molar-refractivity contribution >= 4 is 19.0 Å². The Labute approximate surface area is 273 Å². The molecule has 0 radical (unpaired) electrons. The van der Waals surface area contributed by atoms with E-state index in [1.165, 1.54) is 23.9 Å². The lowest BCUT2D eigenvalue weighted by Gasteiger charge is -2.70. The highest BCUT2D eigenvalue weighted by Crippen LogP contribution is 2.76. The maximum Gasteiger partial charge on any atom is 0.490 e. The lowest BCUT2D eigenvalue weighted by Crippen LogP contribution is -2.64. The molecule has 1 heterocycles. The lowest BCUT2D eigenvalue weighted by molar-refractivity contribution is -0.169. The fourth-order valence-corrected chi connectivity index (χ4v) is 12.0. The molecular formula is C38H60BNO5. The van der Waals surface area contributed by atoms with Crippen LogP contribution in [0.25, 0.3) is 0 Å². The van der Waals surface area contributed by atoms with Gasteiger partial charge in [0, 0.05) is 0 Å². The molecule has 250 valence electrons. The summed E-state index contributed by atoms with van der Waals surface area (Å²) in [5, 5.41) is 12.2. The molecule has 1 amide bonds. The van der Waals surface area contributed by atoms with Gasteiger partial charge in [-0.25, -0.2) is 0 Å². The molecule has 6 rings (SSSR count). The number of nitrogens with one attached hydrogen (secondary N) is 1. The fraction of sp³-hybridized carbons (Fsp3) is 0.842. The Morgan fingerprint density at radius 2 is 1.49 bits per heavy atom. The SMILES string of the molecule is CC1(C)CC[C@]2(C(=O)NCC(=O)O)CC[C@]3(C)C(=CC[C@@H]4[C@@]5(C)CC=C(B6OC(C)(C)C(C)(C)O6)C(C)(C)C5CC[C@]43C)[C@@H]2C1. The van der Waals surface area contributed by atoms with Gasteiger partial charge in [-0.05, 0) is 136 Å². The van der Waals surface area contributed by atoms with E-state index in [-0.39, 0.29) is 63.8 Å². The number of fused-ring (bicyclic) bond motifs is 7. The van der Waals surface area contributed by atoms with Crippen LogP contribution in [0.15, 0.2) is 23.2 Å². The number of amides is 1. The zero-order valence-electron chi connectivity index (χ0n) is 30.1. The first-order valence-electron chi connectivity index (χ1n) is 17.8. The molecule has 0 aromatic heterocycles. The highest BCUT2D eigenvalue weighted by molar-refractivity contribution is 6.55. The van der Waals surface area contributed by atoms with Crippen molar-refractivity contribution in [1.29, 1.82) is 0 Å². The van der Waals surface area contributed by atoms with Crippen molar-refractivity contribution in [3.05, 3.63) is 23.2 Å². The third-order valence-electron chi connectivity index (χ3n) is 15.6. The smallest absolute Gasteiger partial charge is 0.480 e. The van der Waals surface area contributed by atoms with Gasteiger partial charge in [-0.1, -0.05) is 66.2 Å². The largest absolute Gasteiger partial charge is 0.490 e. The van der Waals surface area contributed by atoms with E-state index < -0.39 is 11.4 Å². The van der Waals surface area contributed by atoms with Gasteiger partial charge >= 0.3 is 13.1 Å². The molecule has 0 aromatic rings. The number of carboxylic acids is 1. The van der Waals surface area contributed by atoms with Crippen LogP contribution in [0.4, 0.5) is 0 Å². The molecule has 1 aliphatic heterocycles. The molecule has 2 N–H and O–H groups in total. The van der Waals surface area contributed by atoms with Gasteiger partial charge in [-0.15, -0.1) is 0 Å². The number of hydrogen-bond acceptors (Lipinski definition) is 4. The van der Waals surface area contributed by atoms with Crippen LogP contribution in [-0.4, -0.2) is 41.8 Å². The van der Waals surface area contributed by atoms with Gasteiger partial charge < -0.3 is 19.7 Å². The number of rotatable bonds is 4. The summed E-state index contributed by atoms with van der Waals surface area (Å²) in [6, 6.07) is 0. The molecule has 6 aliphatic rings. The molecular weight excluding hydrogens is 561 g/mol. The molecule has 0 aromatic carbocycles. The quantitative estimate of drug-likeness (QED) is 0.245. The van der Waals surface area contributed by atoms with Crippen LogP contribution in [0, 0.1) is 50.2 Å². The fourth-order valence-electron chi connectivity index (χ4n) is 12.0. The highest BCUT2D eigenvalue weighted by Gasteiger charge is 2.69. The maximum atomic E-state index is 13.9. The van der Waals surface area contributed by atoms with Gasteiger partial charge in [-0.3, -0.25) is 9.59 Å². The van der Waals surface area contributed by atoms with Gasteiger partial charge in [0.25, 0.3) is 0 Å². The molecule has 45 heavy (non-hydrogen) atoms. The average Bonchev–Trinajstić information content (AvgIpc) is 3.12. The second-order valence-corrected chi connectivity index (χ2v) is 19.1. The lowest BCUT2D eigenvalue weighted by atomic mass is 9.33. The van der Waals surface area contributed by atoms with E-state index in [1.54, 1.807) is 0 Å². The summed E-state index contributed by atoms with van der Waals surface area (Å²) in [6.45, 7) is 25.6. The molecule has 0 spiro atoms. The predicted molar refractivity (Wildman–Crippen MR) is 179 cm³/mol. The Bertz CT molecular complexity index is 1330. The zero-order chi connectivity index (χ0) is 33.2. The second-order valence-electron chi connectivity index (χ2n) is 19.1. The van der Waals surface area contributed by atoms with Crippen LogP contribution in [0.2, 0.25) is 0 Å². The third-order valence-corrected chi connectivity index (χ3v) is 15.6. The van der Waals surface area contributed by atoms with E-state index in [1.807, 2.05) is 0 Å². The number of allylic oxidation sites excluding steroid dienone is 4. The second kappa shape index (κ2) is 9.97. The third kappa shape index (κ3) is 4.55. The van der Waals surface area contributed by atoms with E-state index in [0.29, 0.717) is 11.8 Å². The molecule has 7 heteroatoms. The highest BCUT2D eigenvalue weighted by atomic mass is 16.7. The van der Waals surface area contributed by atoms with Crippen LogP contribution in [0.3, 0.4) is 0 Å². The van der Waals surface area contributed by atoms with Crippen LogP contribution in [0.1, 0.15) is 134 Å². The van der Waals surface area contributed by atoms with E-state index in [4.69, 9.17) is 9.31 Å². The number of hydrogen-bond donors (Lipinski definition) is 2. The normalized spacial score (nSPS) is 43.9. The first-order chi connectivity index (χ1) is 20.6. The first kappa shape index (κ1) is 33.3. The number of aliphatic carboxylic acids is 1. The van der Waals surface area contributed by atoms with Gasteiger partial charge in [0.1, 0.15) is 6.54 Å². The summed E-state index contributed by atoms with van der Waals surface area (Å²) in [5.74, 6) is 0.216. The van der Waals surface area contributed by atoms with Crippen molar-refractivity contribution in [2.75, 3.05) is 6.54 Å². The van der Waals surface area contributed by atoms with E-state index >= 15 is 0 Å². The number of carbonyl (C=O) groups is 2. The van der Waals surface area contributed by atoms with Crippen LogP contribution in [0.5, 0.6) is 0 Å². The Morgan fingerprint density at radius 1 is 0.867 bits per heavy atom. The number of carbonyl (C=O) groups excluding carboxylic acids is 1. The van der Waals surface area contributed by atoms with Crippen molar-refractivity contribution in [3.8, 4) is 0 Å². The molecule has 0 bridgehead atoms. The average molecular weight is 622 g/mol.